The zero-order valence-electron chi connectivity index (χ0n) is 12.8. The van der Waals surface area contributed by atoms with E-state index in [0.29, 0.717) is 17.9 Å². The van der Waals surface area contributed by atoms with Gasteiger partial charge in [-0.15, -0.1) is 0 Å². The third-order valence-corrected chi connectivity index (χ3v) is 4.08. The number of halogens is 1. The van der Waals surface area contributed by atoms with E-state index in [9.17, 15) is 5.11 Å². The Hall–Kier alpha value is -1.84. The largest absolute Gasteiger partial charge is 0.387 e. The van der Waals surface area contributed by atoms with E-state index in [1.165, 1.54) is 11.1 Å². The van der Waals surface area contributed by atoms with Gasteiger partial charge in [-0.3, -0.25) is 4.40 Å². The average Bonchev–Trinajstić information content (AvgIpc) is 2.83. The molecule has 0 fully saturated rings. The van der Waals surface area contributed by atoms with Gasteiger partial charge in [-0.25, -0.2) is 4.98 Å². The average molecular weight is 315 g/mol. The molecule has 1 unspecified atom stereocenters. The second kappa shape index (κ2) is 6.11. The molecule has 0 bridgehead atoms. The highest BCUT2D eigenvalue weighted by atomic mass is 35.5. The van der Waals surface area contributed by atoms with Gasteiger partial charge in [0.25, 0.3) is 0 Å². The van der Waals surface area contributed by atoms with Crippen LogP contribution in [0.3, 0.4) is 0 Å². The molecule has 114 valence electrons. The molecule has 0 saturated heterocycles. The third-order valence-electron chi connectivity index (χ3n) is 3.85. The van der Waals surface area contributed by atoms with Crippen LogP contribution in [0.2, 0.25) is 5.02 Å². The van der Waals surface area contributed by atoms with Crippen LogP contribution in [-0.2, 0) is 6.42 Å². The highest BCUT2D eigenvalue weighted by molar-refractivity contribution is 6.30. The maximum Gasteiger partial charge on any atom is 0.137 e. The quantitative estimate of drug-likeness (QED) is 0.778. The minimum absolute atomic E-state index is 0.548. The summed E-state index contributed by atoms with van der Waals surface area (Å²) in [5.41, 5.74) is 4.97. The molecular formula is C18H19ClN2O. The van der Waals surface area contributed by atoms with Crippen LogP contribution in [0.25, 0.3) is 5.65 Å². The molecule has 1 aromatic carbocycles. The van der Waals surface area contributed by atoms with Gasteiger partial charge < -0.3 is 5.11 Å². The smallest absolute Gasteiger partial charge is 0.137 e. The third kappa shape index (κ3) is 2.87. The molecule has 1 atom stereocenters. The van der Waals surface area contributed by atoms with Crippen LogP contribution in [0.5, 0.6) is 0 Å². The van der Waals surface area contributed by atoms with Crippen molar-refractivity contribution in [3.8, 4) is 0 Å². The molecule has 0 aliphatic heterocycles. The summed E-state index contributed by atoms with van der Waals surface area (Å²) in [5, 5.41) is 11.1. The van der Waals surface area contributed by atoms with E-state index in [0.717, 1.165) is 17.0 Å². The summed E-state index contributed by atoms with van der Waals surface area (Å²) in [6, 6.07) is 12.1. The van der Waals surface area contributed by atoms with Gasteiger partial charge in [0.2, 0.25) is 0 Å². The fourth-order valence-electron chi connectivity index (χ4n) is 2.78. The van der Waals surface area contributed by atoms with Gasteiger partial charge in [-0.1, -0.05) is 48.4 Å². The minimum atomic E-state index is -0.548. The van der Waals surface area contributed by atoms with Crippen molar-refractivity contribution in [1.29, 1.82) is 0 Å². The second-order valence-electron chi connectivity index (χ2n) is 5.61. The molecule has 0 amide bonds. The number of aryl methyl sites for hydroxylation is 1. The molecule has 22 heavy (non-hydrogen) atoms. The number of rotatable bonds is 4. The van der Waals surface area contributed by atoms with Crippen molar-refractivity contribution in [3.63, 3.8) is 0 Å². The number of fused-ring (bicyclic) bond motifs is 1. The Morgan fingerprint density at radius 1 is 1.27 bits per heavy atom. The Labute approximate surface area is 135 Å². The number of hydrogen-bond acceptors (Lipinski definition) is 2. The lowest BCUT2D eigenvalue weighted by atomic mass is 10.0. The van der Waals surface area contributed by atoms with Crippen LogP contribution < -0.4 is 0 Å². The van der Waals surface area contributed by atoms with Gasteiger partial charge in [0.15, 0.2) is 0 Å². The van der Waals surface area contributed by atoms with Crippen LogP contribution in [0.15, 0.2) is 42.6 Å². The van der Waals surface area contributed by atoms with Crippen LogP contribution in [0.1, 0.15) is 42.0 Å². The molecule has 4 heteroatoms. The second-order valence-corrected chi connectivity index (χ2v) is 6.05. The van der Waals surface area contributed by atoms with Crippen molar-refractivity contribution in [3.05, 3.63) is 70.1 Å². The monoisotopic (exact) mass is 314 g/mol. The Balaban J connectivity index is 2.11. The van der Waals surface area contributed by atoms with E-state index in [1.54, 1.807) is 0 Å². The lowest BCUT2D eigenvalue weighted by Crippen LogP contribution is -2.04. The SMILES string of the molecule is CCC(O)c1c(Cc2cccc(C)c2)nc2ccc(Cl)cn12. The minimum Gasteiger partial charge on any atom is -0.387 e. The maximum absolute atomic E-state index is 10.4. The summed E-state index contributed by atoms with van der Waals surface area (Å²) in [4.78, 5) is 4.69. The van der Waals surface area contributed by atoms with Crippen molar-refractivity contribution < 1.29 is 5.11 Å². The number of benzene rings is 1. The number of aliphatic hydroxyl groups is 1. The molecule has 2 heterocycles. The molecule has 1 N–H and O–H groups in total. The molecule has 0 saturated carbocycles. The number of hydrogen-bond donors (Lipinski definition) is 1. The number of aliphatic hydroxyl groups excluding tert-OH is 1. The molecule has 0 aliphatic rings. The summed E-state index contributed by atoms with van der Waals surface area (Å²) in [6.07, 6.45) is 2.61. The summed E-state index contributed by atoms with van der Waals surface area (Å²) < 4.78 is 1.90. The topological polar surface area (TPSA) is 37.5 Å². The van der Waals surface area contributed by atoms with E-state index in [-0.39, 0.29) is 0 Å². The normalized spacial score (nSPS) is 12.7. The first kappa shape index (κ1) is 15.1. The molecule has 3 aromatic rings. The molecular weight excluding hydrogens is 296 g/mol. The van der Waals surface area contributed by atoms with E-state index in [1.807, 2.05) is 35.7 Å². The van der Waals surface area contributed by atoms with Gasteiger partial charge in [-0.2, -0.15) is 0 Å². The van der Waals surface area contributed by atoms with E-state index in [4.69, 9.17) is 16.6 Å². The highest BCUT2D eigenvalue weighted by Gasteiger charge is 2.18. The van der Waals surface area contributed by atoms with Crippen molar-refractivity contribution in [2.45, 2.75) is 32.8 Å². The first-order valence-electron chi connectivity index (χ1n) is 7.48. The zero-order valence-corrected chi connectivity index (χ0v) is 13.5. The highest BCUT2D eigenvalue weighted by Crippen LogP contribution is 2.26. The number of imidazole rings is 1. The lowest BCUT2D eigenvalue weighted by molar-refractivity contribution is 0.167. The molecule has 0 spiro atoms. The molecule has 2 aromatic heterocycles. The molecule has 3 rings (SSSR count). The van der Waals surface area contributed by atoms with Gasteiger partial charge in [-0.05, 0) is 31.0 Å². The number of nitrogens with zero attached hydrogens (tertiary/aromatic N) is 2. The summed E-state index contributed by atoms with van der Waals surface area (Å²) in [7, 11) is 0. The molecule has 0 aliphatic carbocycles. The lowest BCUT2D eigenvalue weighted by Gasteiger charge is -2.11. The Morgan fingerprint density at radius 3 is 2.82 bits per heavy atom. The fourth-order valence-corrected chi connectivity index (χ4v) is 2.94. The van der Waals surface area contributed by atoms with E-state index >= 15 is 0 Å². The summed E-state index contributed by atoms with van der Waals surface area (Å²) >= 11 is 6.10. The van der Waals surface area contributed by atoms with Gasteiger partial charge in [0.1, 0.15) is 5.65 Å². The van der Waals surface area contributed by atoms with E-state index in [2.05, 4.69) is 25.1 Å². The van der Waals surface area contributed by atoms with Crippen LogP contribution in [0.4, 0.5) is 0 Å². The fraction of sp³-hybridized carbons (Fsp3) is 0.278. The summed E-state index contributed by atoms with van der Waals surface area (Å²) in [5.74, 6) is 0. The molecule has 3 nitrogen and oxygen atoms in total. The van der Waals surface area contributed by atoms with Gasteiger partial charge in [0, 0.05) is 12.6 Å². The predicted molar refractivity (Wildman–Crippen MR) is 89.4 cm³/mol. The number of aromatic nitrogens is 2. The van der Waals surface area contributed by atoms with Gasteiger partial charge in [0.05, 0.1) is 22.5 Å². The Bertz CT molecular complexity index is 810. The van der Waals surface area contributed by atoms with E-state index < -0.39 is 6.10 Å². The van der Waals surface area contributed by atoms with Crippen molar-refractivity contribution >= 4 is 17.2 Å². The standard InChI is InChI=1S/C18H19ClN2O/c1-3-16(22)18-15(10-13-6-4-5-12(2)9-13)20-17-8-7-14(19)11-21(17)18/h4-9,11,16,22H,3,10H2,1-2H3. The molecule has 0 radical (unpaired) electrons. The van der Waals surface area contributed by atoms with Crippen molar-refractivity contribution in [2.75, 3.05) is 0 Å². The first-order valence-corrected chi connectivity index (χ1v) is 7.86. The maximum atomic E-state index is 10.4. The Kier molecular flexibility index (Phi) is 4.19. The first-order chi connectivity index (χ1) is 10.6. The van der Waals surface area contributed by atoms with Crippen molar-refractivity contribution in [1.82, 2.24) is 9.38 Å². The zero-order chi connectivity index (χ0) is 15.7. The Morgan fingerprint density at radius 2 is 2.09 bits per heavy atom. The predicted octanol–water partition coefficient (Wildman–Crippen LogP) is 4.33. The van der Waals surface area contributed by atoms with Crippen LogP contribution in [-0.4, -0.2) is 14.5 Å². The summed E-state index contributed by atoms with van der Waals surface area (Å²) in [6.45, 7) is 4.04. The van der Waals surface area contributed by atoms with Crippen LogP contribution >= 0.6 is 11.6 Å². The number of pyridine rings is 1. The van der Waals surface area contributed by atoms with Gasteiger partial charge >= 0.3 is 0 Å². The van der Waals surface area contributed by atoms with Crippen LogP contribution in [0, 0.1) is 6.92 Å². The van der Waals surface area contributed by atoms with Crippen molar-refractivity contribution in [2.24, 2.45) is 0 Å².